The average molecular weight is 439 g/mol. The van der Waals surface area contributed by atoms with E-state index in [1.165, 1.54) is 12.5 Å². The van der Waals surface area contributed by atoms with Crippen molar-refractivity contribution in [3.8, 4) is 6.07 Å². The van der Waals surface area contributed by atoms with E-state index in [0.29, 0.717) is 49.5 Å². The van der Waals surface area contributed by atoms with Crippen LogP contribution in [0.3, 0.4) is 0 Å². The van der Waals surface area contributed by atoms with E-state index in [1.807, 2.05) is 38.8 Å². The number of amides is 1. The van der Waals surface area contributed by atoms with Gasteiger partial charge in [-0.1, -0.05) is 20.8 Å². The molecule has 1 aromatic heterocycles. The zero-order chi connectivity index (χ0) is 23.5. The molecule has 1 N–H and O–H groups in total. The van der Waals surface area contributed by atoms with Gasteiger partial charge in [-0.3, -0.25) is 4.79 Å². The van der Waals surface area contributed by atoms with Gasteiger partial charge < -0.3 is 24.4 Å². The van der Waals surface area contributed by atoms with Gasteiger partial charge in [0.2, 0.25) is 0 Å². The maximum absolute atomic E-state index is 12.9. The third kappa shape index (κ3) is 5.13. The molecule has 1 aromatic rings. The number of furan rings is 1. The van der Waals surface area contributed by atoms with Gasteiger partial charge in [-0.2, -0.15) is 5.26 Å². The van der Waals surface area contributed by atoms with Gasteiger partial charge in [-0.15, -0.1) is 0 Å². The van der Waals surface area contributed by atoms with Gasteiger partial charge in [-0.25, -0.2) is 0 Å². The van der Waals surface area contributed by atoms with E-state index in [0.717, 1.165) is 17.6 Å². The first-order valence-corrected chi connectivity index (χ1v) is 11.3. The van der Waals surface area contributed by atoms with Crippen LogP contribution in [-0.4, -0.2) is 59.3 Å². The summed E-state index contributed by atoms with van der Waals surface area (Å²) in [4.78, 5) is 16.9. The number of piperazine rings is 1. The van der Waals surface area contributed by atoms with Crippen LogP contribution in [0.2, 0.25) is 0 Å². The number of ether oxygens (including phenoxy) is 1. The predicted octanol–water partition coefficient (Wildman–Crippen LogP) is 4.39. The van der Waals surface area contributed by atoms with Gasteiger partial charge in [0.15, 0.2) is 0 Å². The summed E-state index contributed by atoms with van der Waals surface area (Å²) in [6.45, 7) is 12.3. The molecule has 7 nitrogen and oxygen atoms in total. The lowest BCUT2D eigenvalue weighted by atomic mass is 9.84. The number of carbonyl (C=O) groups is 1. The Morgan fingerprint density at radius 1 is 1.38 bits per heavy atom. The highest BCUT2D eigenvalue weighted by atomic mass is 16.5. The van der Waals surface area contributed by atoms with E-state index < -0.39 is 0 Å². The second-order valence-corrected chi connectivity index (χ2v) is 9.47. The molecule has 0 aromatic carbocycles. The van der Waals surface area contributed by atoms with Gasteiger partial charge in [-0.05, 0) is 37.8 Å². The van der Waals surface area contributed by atoms with E-state index in [2.05, 4.69) is 17.9 Å². The molecule has 1 atom stereocenters. The van der Waals surface area contributed by atoms with Crippen molar-refractivity contribution in [2.45, 2.75) is 59.1 Å². The first kappa shape index (κ1) is 23.8. The zero-order valence-corrected chi connectivity index (χ0v) is 19.8. The number of hydrogen-bond acceptors (Lipinski definition) is 6. The Morgan fingerprint density at radius 3 is 2.72 bits per heavy atom. The molecule has 0 radical (unpaired) electrons. The lowest BCUT2D eigenvalue weighted by molar-refractivity contribution is -0.0115. The zero-order valence-electron chi connectivity index (χ0n) is 19.8. The fourth-order valence-corrected chi connectivity index (χ4v) is 4.31. The summed E-state index contributed by atoms with van der Waals surface area (Å²) in [6, 6.07) is 4.13. The second kappa shape index (κ2) is 9.74. The molecule has 172 valence electrons. The maximum Gasteiger partial charge on any atom is 0.257 e. The van der Waals surface area contributed by atoms with Gasteiger partial charge in [0.05, 0.1) is 29.6 Å². The van der Waals surface area contributed by atoms with Crippen molar-refractivity contribution in [2.75, 3.05) is 26.2 Å². The first-order valence-electron chi connectivity index (χ1n) is 11.3. The summed E-state index contributed by atoms with van der Waals surface area (Å²) >= 11 is 0. The Labute approximate surface area is 190 Å². The third-order valence-electron chi connectivity index (χ3n) is 6.25. The van der Waals surface area contributed by atoms with Crippen LogP contribution in [0, 0.1) is 22.7 Å². The highest BCUT2D eigenvalue weighted by molar-refractivity contribution is 6.01. The molecule has 0 unspecified atom stereocenters. The summed E-state index contributed by atoms with van der Waals surface area (Å²) in [7, 11) is 0. The van der Waals surface area contributed by atoms with Crippen LogP contribution >= 0.6 is 0 Å². The first-order chi connectivity index (χ1) is 15.2. The fourth-order valence-electron chi connectivity index (χ4n) is 4.31. The molecule has 0 saturated carbocycles. The van der Waals surface area contributed by atoms with Gasteiger partial charge >= 0.3 is 0 Å². The van der Waals surface area contributed by atoms with Crippen LogP contribution in [0.1, 0.15) is 57.8 Å². The maximum atomic E-state index is 12.9. The van der Waals surface area contributed by atoms with Crippen molar-refractivity contribution >= 4 is 11.6 Å². The Morgan fingerprint density at radius 2 is 2.12 bits per heavy atom. The van der Waals surface area contributed by atoms with Crippen molar-refractivity contribution in [2.24, 2.45) is 5.92 Å². The monoisotopic (exact) mass is 438 g/mol. The molecule has 3 heterocycles. The lowest BCUT2D eigenvalue weighted by Crippen LogP contribution is -2.53. The van der Waals surface area contributed by atoms with Crippen molar-refractivity contribution in [3.05, 3.63) is 47.1 Å². The van der Waals surface area contributed by atoms with Crippen LogP contribution < -0.4 is 0 Å². The molecule has 1 amide bonds. The Hall–Kier alpha value is -2.85. The topological polar surface area (TPSA) is 93.6 Å². The molecule has 0 bridgehead atoms. The van der Waals surface area contributed by atoms with Crippen LogP contribution in [0.25, 0.3) is 0 Å². The highest BCUT2D eigenvalue weighted by Gasteiger charge is 2.33. The average Bonchev–Trinajstić information content (AvgIpc) is 3.30. The Bertz CT molecular complexity index is 950. The van der Waals surface area contributed by atoms with Crippen molar-refractivity contribution < 1.29 is 13.9 Å². The fraction of sp³-hybridized carbons (Fsp3) is 0.560. The van der Waals surface area contributed by atoms with E-state index >= 15 is 0 Å². The Kier molecular flexibility index (Phi) is 7.25. The molecule has 3 rings (SSSR count). The minimum atomic E-state index is -0.381. The minimum absolute atomic E-state index is 0.0173. The summed E-state index contributed by atoms with van der Waals surface area (Å²) in [5.41, 5.74) is 3.04. The number of rotatable bonds is 6. The van der Waals surface area contributed by atoms with Gasteiger partial charge in [0, 0.05) is 49.6 Å². The normalized spacial score (nSPS) is 21.7. The molecule has 2 aliphatic rings. The quantitative estimate of drug-likeness (QED) is 0.525. The number of carbonyl (C=O) groups excluding carboxylic acids is 1. The number of hydrogen-bond donors (Lipinski definition) is 1. The van der Waals surface area contributed by atoms with Crippen LogP contribution in [0.15, 0.2) is 45.9 Å². The van der Waals surface area contributed by atoms with E-state index in [9.17, 15) is 10.1 Å². The van der Waals surface area contributed by atoms with Gasteiger partial charge in [0.25, 0.3) is 5.91 Å². The summed E-state index contributed by atoms with van der Waals surface area (Å²) < 4.78 is 11.1. The molecule has 7 heteroatoms. The Balaban J connectivity index is 1.86. The van der Waals surface area contributed by atoms with Crippen LogP contribution in [0.4, 0.5) is 0 Å². The molecule has 32 heavy (non-hydrogen) atoms. The second-order valence-electron chi connectivity index (χ2n) is 9.47. The van der Waals surface area contributed by atoms with Gasteiger partial charge in [0.1, 0.15) is 12.3 Å². The molecule has 1 fully saturated rings. The molecule has 0 spiro atoms. The van der Waals surface area contributed by atoms with Crippen molar-refractivity contribution in [1.82, 2.24) is 9.80 Å². The molecule has 2 aliphatic heterocycles. The smallest absolute Gasteiger partial charge is 0.257 e. The predicted molar refractivity (Wildman–Crippen MR) is 123 cm³/mol. The third-order valence-corrected chi connectivity index (χ3v) is 6.25. The largest absolute Gasteiger partial charge is 0.472 e. The van der Waals surface area contributed by atoms with Crippen molar-refractivity contribution in [1.29, 1.82) is 10.7 Å². The minimum Gasteiger partial charge on any atom is -0.472 e. The van der Waals surface area contributed by atoms with Crippen molar-refractivity contribution in [3.63, 3.8) is 0 Å². The van der Waals surface area contributed by atoms with E-state index in [-0.39, 0.29) is 23.5 Å². The van der Waals surface area contributed by atoms with Crippen LogP contribution in [0.5, 0.6) is 0 Å². The standard InChI is InChI=1S/C25H34N4O3/c1-6-20-14-28(8-9-29(20)24(30)18-7-10-31-15-18)13-19(12-26)21-11-25(4,5)32-16-22(21)23(27)17(2)3/h7,10,13,15,17,20,27H,6,8-9,11,14,16H2,1-5H3/t20-/m1/s1. The number of allylic oxidation sites excluding steroid dienone is 1. The summed E-state index contributed by atoms with van der Waals surface area (Å²) in [5, 5.41) is 18.6. The molecule has 1 saturated heterocycles. The lowest BCUT2D eigenvalue weighted by Gasteiger charge is -2.41. The van der Waals surface area contributed by atoms with Crippen LogP contribution in [-0.2, 0) is 4.74 Å². The summed E-state index contributed by atoms with van der Waals surface area (Å²) in [6.07, 6.45) is 6.34. The molecular weight excluding hydrogens is 404 g/mol. The van der Waals surface area contributed by atoms with E-state index in [1.54, 1.807) is 6.07 Å². The number of nitriles is 1. The SMILES string of the molecule is CC[C@@H]1CN(C=C(C#N)C2=C(C(=N)C(C)C)COC(C)(C)C2)CCN1C(=O)c1ccoc1. The molecular formula is C25H34N4O3. The summed E-state index contributed by atoms with van der Waals surface area (Å²) in [5.74, 6) is 0.0444. The highest BCUT2D eigenvalue weighted by Crippen LogP contribution is 2.34. The number of nitrogens with zero attached hydrogens (tertiary/aromatic N) is 3. The number of nitrogens with one attached hydrogen (secondary N) is 1. The molecule has 0 aliphatic carbocycles. The van der Waals surface area contributed by atoms with E-state index in [4.69, 9.17) is 14.6 Å².